The summed E-state index contributed by atoms with van der Waals surface area (Å²) in [5.74, 6) is 0.761. The van der Waals surface area contributed by atoms with Gasteiger partial charge in [-0.25, -0.2) is 4.79 Å². The Bertz CT molecular complexity index is 591. The van der Waals surface area contributed by atoms with Crippen LogP contribution in [-0.2, 0) is 11.3 Å². The molecule has 0 unspecified atom stereocenters. The molecule has 1 atom stereocenters. The molecule has 1 saturated heterocycles. The molecule has 0 aliphatic carbocycles. The second-order valence-corrected chi connectivity index (χ2v) is 6.43. The zero-order chi connectivity index (χ0) is 18.2. The van der Waals surface area contributed by atoms with Crippen LogP contribution in [0.5, 0.6) is 5.75 Å². The number of carbonyl (C=O) groups is 2. The van der Waals surface area contributed by atoms with E-state index < -0.39 is 0 Å². The van der Waals surface area contributed by atoms with Crippen molar-refractivity contribution in [3.05, 3.63) is 29.8 Å². The number of amides is 3. The monoisotopic (exact) mass is 347 g/mol. The van der Waals surface area contributed by atoms with Gasteiger partial charge in [0.25, 0.3) is 0 Å². The maximum atomic E-state index is 12.4. The van der Waals surface area contributed by atoms with Crippen LogP contribution in [0.3, 0.4) is 0 Å². The average Bonchev–Trinajstić information content (AvgIpc) is 2.63. The van der Waals surface area contributed by atoms with Gasteiger partial charge in [-0.2, -0.15) is 0 Å². The Balaban J connectivity index is 1.89. The fourth-order valence-electron chi connectivity index (χ4n) is 3.03. The number of hydrogen-bond donors (Lipinski definition) is 1. The molecule has 6 heteroatoms. The van der Waals surface area contributed by atoms with Crippen LogP contribution in [-0.4, -0.2) is 54.5 Å². The molecule has 1 aliphatic heterocycles. The number of hydrogen-bond acceptors (Lipinski definition) is 3. The lowest BCUT2D eigenvalue weighted by molar-refractivity contribution is -0.135. The molecule has 1 aliphatic rings. The largest absolute Gasteiger partial charge is 0.497 e. The Labute approximate surface area is 150 Å². The van der Waals surface area contributed by atoms with Gasteiger partial charge in [0.05, 0.1) is 7.11 Å². The highest BCUT2D eigenvalue weighted by molar-refractivity contribution is 5.85. The van der Waals surface area contributed by atoms with E-state index in [1.54, 1.807) is 16.9 Å². The summed E-state index contributed by atoms with van der Waals surface area (Å²) in [7, 11) is 1.63. The molecular weight excluding hydrogens is 318 g/mol. The molecule has 1 N–H and O–H groups in total. The standard InChI is InChI=1S/C19H29N3O3/c1-4-7-16(5-2)20-19(24)22-11-10-21(18(23)14-22)13-15-8-6-9-17(12-15)25-3/h6,8-9,12,16H,4-5,7,10-11,13-14H2,1-3H3,(H,20,24)/t16-/m1/s1. The highest BCUT2D eigenvalue weighted by atomic mass is 16.5. The van der Waals surface area contributed by atoms with Crippen LogP contribution in [0.2, 0.25) is 0 Å². The van der Waals surface area contributed by atoms with E-state index in [2.05, 4.69) is 19.2 Å². The summed E-state index contributed by atoms with van der Waals surface area (Å²) in [5.41, 5.74) is 1.03. The van der Waals surface area contributed by atoms with Crippen molar-refractivity contribution < 1.29 is 14.3 Å². The van der Waals surface area contributed by atoms with Crippen molar-refractivity contribution in [2.75, 3.05) is 26.7 Å². The zero-order valence-electron chi connectivity index (χ0n) is 15.5. The second-order valence-electron chi connectivity index (χ2n) is 6.43. The minimum atomic E-state index is -0.130. The van der Waals surface area contributed by atoms with E-state index in [9.17, 15) is 9.59 Å². The SMILES string of the molecule is CCC[C@@H](CC)NC(=O)N1CCN(Cc2cccc(OC)c2)C(=O)C1. The molecule has 0 aromatic heterocycles. The summed E-state index contributed by atoms with van der Waals surface area (Å²) in [5, 5.41) is 3.04. The minimum absolute atomic E-state index is 0.0206. The smallest absolute Gasteiger partial charge is 0.318 e. The van der Waals surface area contributed by atoms with Gasteiger partial charge in [-0.15, -0.1) is 0 Å². The summed E-state index contributed by atoms with van der Waals surface area (Å²) in [6.07, 6.45) is 2.90. The Kier molecular flexibility index (Phi) is 7.10. The molecule has 1 aromatic carbocycles. The third kappa shape index (κ3) is 5.37. The van der Waals surface area contributed by atoms with Gasteiger partial charge in [0, 0.05) is 25.7 Å². The van der Waals surface area contributed by atoms with E-state index in [1.807, 2.05) is 24.3 Å². The van der Waals surface area contributed by atoms with Crippen LogP contribution in [0, 0.1) is 0 Å². The lowest BCUT2D eigenvalue weighted by Gasteiger charge is -2.35. The quantitative estimate of drug-likeness (QED) is 0.825. The third-order valence-electron chi connectivity index (χ3n) is 4.57. The molecule has 25 heavy (non-hydrogen) atoms. The fourth-order valence-corrected chi connectivity index (χ4v) is 3.03. The summed E-state index contributed by atoms with van der Waals surface area (Å²) in [6.45, 7) is 5.96. The lowest BCUT2D eigenvalue weighted by Crippen LogP contribution is -2.55. The second kappa shape index (κ2) is 9.30. The Morgan fingerprint density at radius 3 is 2.76 bits per heavy atom. The van der Waals surface area contributed by atoms with E-state index in [-0.39, 0.29) is 24.5 Å². The van der Waals surface area contributed by atoms with Gasteiger partial charge in [0.2, 0.25) is 5.91 Å². The number of urea groups is 1. The van der Waals surface area contributed by atoms with Crippen LogP contribution in [0.15, 0.2) is 24.3 Å². The predicted molar refractivity (Wildman–Crippen MR) is 97.5 cm³/mol. The molecule has 1 aromatic rings. The van der Waals surface area contributed by atoms with E-state index in [4.69, 9.17) is 4.74 Å². The molecule has 0 spiro atoms. The summed E-state index contributed by atoms with van der Waals surface area (Å²) in [4.78, 5) is 28.2. The Hall–Kier alpha value is -2.24. The van der Waals surface area contributed by atoms with E-state index in [0.29, 0.717) is 19.6 Å². The summed E-state index contributed by atoms with van der Waals surface area (Å²) in [6, 6.07) is 7.76. The maximum Gasteiger partial charge on any atom is 0.318 e. The average molecular weight is 347 g/mol. The number of benzene rings is 1. The van der Waals surface area contributed by atoms with Gasteiger partial charge >= 0.3 is 6.03 Å². The van der Waals surface area contributed by atoms with Crippen LogP contribution >= 0.6 is 0 Å². The summed E-state index contributed by atoms with van der Waals surface area (Å²) < 4.78 is 5.22. The predicted octanol–water partition coefficient (Wildman–Crippen LogP) is 2.63. The van der Waals surface area contributed by atoms with Crippen molar-refractivity contribution in [1.82, 2.24) is 15.1 Å². The molecule has 0 bridgehead atoms. The van der Waals surface area contributed by atoms with Crippen LogP contribution in [0.25, 0.3) is 0 Å². The first-order valence-electron chi connectivity index (χ1n) is 9.03. The first-order valence-corrected chi connectivity index (χ1v) is 9.03. The maximum absolute atomic E-state index is 12.4. The number of carbonyl (C=O) groups excluding carboxylic acids is 2. The number of piperazine rings is 1. The number of ether oxygens (including phenoxy) is 1. The molecule has 0 saturated carbocycles. The third-order valence-corrected chi connectivity index (χ3v) is 4.57. The summed E-state index contributed by atoms with van der Waals surface area (Å²) >= 11 is 0. The van der Waals surface area contributed by atoms with E-state index >= 15 is 0 Å². The molecule has 138 valence electrons. The van der Waals surface area contributed by atoms with Crippen molar-refractivity contribution in [3.63, 3.8) is 0 Å². The Morgan fingerprint density at radius 2 is 2.12 bits per heavy atom. The minimum Gasteiger partial charge on any atom is -0.497 e. The highest BCUT2D eigenvalue weighted by Gasteiger charge is 2.27. The van der Waals surface area contributed by atoms with Crippen LogP contribution in [0.4, 0.5) is 4.79 Å². The van der Waals surface area contributed by atoms with Crippen molar-refractivity contribution in [2.24, 2.45) is 0 Å². The molecule has 3 amide bonds. The zero-order valence-corrected chi connectivity index (χ0v) is 15.5. The first kappa shape index (κ1) is 19.1. The van der Waals surface area contributed by atoms with Gasteiger partial charge in [-0.05, 0) is 30.5 Å². The van der Waals surface area contributed by atoms with Crippen molar-refractivity contribution in [3.8, 4) is 5.75 Å². The van der Waals surface area contributed by atoms with Gasteiger partial charge in [0.15, 0.2) is 0 Å². The lowest BCUT2D eigenvalue weighted by atomic mass is 10.1. The number of methoxy groups -OCH3 is 1. The molecule has 1 fully saturated rings. The van der Waals surface area contributed by atoms with Gasteiger partial charge in [-0.1, -0.05) is 32.4 Å². The molecule has 0 radical (unpaired) electrons. The van der Waals surface area contributed by atoms with Crippen molar-refractivity contribution in [1.29, 1.82) is 0 Å². The highest BCUT2D eigenvalue weighted by Crippen LogP contribution is 2.16. The Morgan fingerprint density at radius 1 is 1.32 bits per heavy atom. The van der Waals surface area contributed by atoms with E-state index in [0.717, 1.165) is 30.6 Å². The molecule has 1 heterocycles. The van der Waals surface area contributed by atoms with Crippen LogP contribution < -0.4 is 10.1 Å². The molecule has 2 rings (SSSR count). The van der Waals surface area contributed by atoms with Gasteiger partial charge in [0.1, 0.15) is 12.3 Å². The van der Waals surface area contributed by atoms with E-state index in [1.165, 1.54) is 0 Å². The molecular formula is C19H29N3O3. The topological polar surface area (TPSA) is 61.9 Å². The molecule has 6 nitrogen and oxygen atoms in total. The number of nitrogens with zero attached hydrogens (tertiary/aromatic N) is 2. The van der Waals surface area contributed by atoms with Crippen molar-refractivity contribution >= 4 is 11.9 Å². The number of rotatable bonds is 7. The van der Waals surface area contributed by atoms with Gasteiger partial charge < -0.3 is 19.9 Å². The van der Waals surface area contributed by atoms with Crippen molar-refractivity contribution in [2.45, 2.75) is 45.7 Å². The fraction of sp³-hybridized carbons (Fsp3) is 0.579. The van der Waals surface area contributed by atoms with Crippen LogP contribution in [0.1, 0.15) is 38.7 Å². The number of nitrogens with one attached hydrogen (secondary N) is 1. The first-order chi connectivity index (χ1) is 12.1. The normalized spacial score (nSPS) is 15.9. The van der Waals surface area contributed by atoms with Gasteiger partial charge in [-0.3, -0.25) is 4.79 Å².